The summed E-state index contributed by atoms with van der Waals surface area (Å²) in [4.78, 5) is 71.3. The van der Waals surface area contributed by atoms with E-state index < -0.39 is 81.7 Å². The lowest BCUT2D eigenvalue weighted by molar-refractivity contribution is -0.138. The molecule has 0 bridgehead atoms. The molecule has 0 aromatic heterocycles. The zero-order chi connectivity index (χ0) is 38.8. The van der Waals surface area contributed by atoms with Crippen molar-refractivity contribution in [3.05, 3.63) is 130 Å². The van der Waals surface area contributed by atoms with Gasteiger partial charge in [-0.25, -0.2) is 14.1 Å². The Morgan fingerprint density at radius 1 is 0.927 bits per heavy atom. The smallest absolute Gasteiger partial charge is 0.339 e. The molecule has 4 aromatic rings. The third-order valence-corrected chi connectivity index (χ3v) is 11.6. The van der Waals surface area contributed by atoms with Crippen molar-refractivity contribution in [2.24, 2.45) is 23.7 Å². The molecule has 2 aliphatic heterocycles. The van der Waals surface area contributed by atoms with Crippen LogP contribution in [0.5, 0.6) is 11.5 Å². The maximum absolute atomic E-state index is 15.3. The van der Waals surface area contributed by atoms with Gasteiger partial charge in [-0.2, -0.15) is 5.01 Å². The van der Waals surface area contributed by atoms with Crippen molar-refractivity contribution < 1.29 is 48.4 Å². The number of hydrazine groups is 1. The number of carboxylic acid groups (broad SMARTS) is 1. The highest BCUT2D eigenvalue weighted by molar-refractivity contribution is 6.30. The molecule has 0 spiro atoms. The molecule has 3 fully saturated rings. The van der Waals surface area contributed by atoms with Gasteiger partial charge in [-0.15, -0.1) is 0 Å². The van der Waals surface area contributed by atoms with Crippen LogP contribution in [0.3, 0.4) is 0 Å². The summed E-state index contributed by atoms with van der Waals surface area (Å²) in [5, 5.41) is 31.0. The zero-order valence-electron chi connectivity index (χ0n) is 28.9. The summed E-state index contributed by atoms with van der Waals surface area (Å²) in [5.74, 6) is -9.15. The molecular formula is C41H33ClFN3O9. The average molecular weight is 766 g/mol. The molecule has 4 aliphatic rings. The maximum atomic E-state index is 15.3. The summed E-state index contributed by atoms with van der Waals surface area (Å²) < 4.78 is 20.0. The number of carbonyl (C=O) groups is 5. The normalized spacial score (nSPS) is 25.7. The van der Waals surface area contributed by atoms with Crippen molar-refractivity contribution in [3.8, 4) is 11.5 Å². The molecule has 4 aromatic carbocycles. The monoisotopic (exact) mass is 765 g/mol. The highest BCUT2D eigenvalue weighted by atomic mass is 35.5. The van der Waals surface area contributed by atoms with Crippen LogP contribution in [0.1, 0.15) is 40.2 Å². The summed E-state index contributed by atoms with van der Waals surface area (Å²) in [6, 6.07) is 22.2. The van der Waals surface area contributed by atoms with Gasteiger partial charge in [0.05, 0.1) is 41.2 Å². The van der Waals surface area contributed by atoms with Crippen LogP contribution in [0.25, 0.3) is 0 Å². The van der Waals surface area contributed by atoms with Gasteiger partial charge in [0.1, 0.15) is 29.5 Å². The van der Waals surface area contributed by atoms with Gasteiger partial charge in [0, 0.05) is 22.6 Å². The number of anilines is 2. The Hall–Kier alpha value is -6.05. The lowest BCUT2D eigenvalue weighted by atomic mass is 9.49. The predicted molar refractivity (Wildman–Crippen MR) is 196 cm³/mol. The fourth-order valence-electron chi connectivity index (χ4n) is 9.10. The largest absolute Gasteiger partial charge is 0.507 e. The number of carboxylic acids is 1. The lowest BCUT2D eigenvalue weighted by Gasteiger charge is -2.50. The average Bonchev–Trinajstić information content (AvgIpc) is 3.55. The number of aliphatic hydroxyl groups excluding tert-OH is 1. The molecule has 4 N–H and O–H groups in total. The number of phenols is 1. The number of imide groups is 2. The Morgan fingerprint density at radius 2 is 1.65 bits per heavy atom. The van der Waals surface area contributed by atoms with E-state index in [1.54, 1.807) is 48.5 Å². The lowest BCUT2D eigenvalue weighted by Crippen LogP contribution is -2.53. The van der Waals surface area contributed by atoms with Crippen molar-refractivity contribution in [1.82, 2.24) is 5.01 Å². The van der Waals surface area contributed by atoms with Gasteiger partial charge in [0.15, 0.2) is 0 Å². The number of nitrogens with one attached hydrogen (secondary N) is 1. The van der Waals surface area contributed by atoms with Crippen molar-refractivity contribution in [2.45, 2.75) is 24.2 Å². The first kappa shape index (κ1) is 36.0. The summed E-state index contributed by atoms with van der Waals surface area (Å²) in [6.45, 7) is -0.379. The summed E-state index contributed by atoms with van der Waals surface area (Å²) in [5.41, 5.74) is 2.76. The number of hydrogen-bond donors (Lipinski definition) is 4. The van der Waals surface area contributed by atoms with Gasteiger partial charge >= 0.3 is 5.97 Å². The van der Waals surface area contributed by atoms with Crippen molar-refractivity contribution in [1.29, 1.82) is 0 Å². The molecule has 14 heteroatoms. The molecule has 2 aliphatic carbocycles. The third kappa shape index (κ3) is 5.56. The molecule has 280 valence electrons. The van der Waals surface area contributed by atoms with Crippen LogP contribution in [0, 0.1) is 29.5 Å². The molecule has 0 unspecified atom stereocenters. The van der Waals surface area contributed by atoms with E-state index >= 15 is 4.79 Å². The fourth-order valence-corrected chi connectivity index (χ4v) is 9.23. The predicted octanol–water partition coefficient (Wildman–Crippen LogP) is 5.44. The second-order valence-electron chi connectivity index (χ2n) is 14.0. The molecule has 6 atom stereocenters. The molecule has 4 amide bonds. The minimum atomic E-state index is -1.65. The van der Waals surface area contributed by atoms with Crippen molar-refractivity contribution in [2.75, 3.05) is 23.5 Å². The van der Waals surface area contributed by atoms with E-state index in [1.807, 2.05) is 6.08 Å². The van der Waals surface area contributed by atoms with Gasteiger partial charge in [-0.3, -0.25) is 24.6 Å². The molecule has 2 saturated heterocycles. The molecule has 8 rings (SSSR count). The second kappa shape index (κ2) is 13.7. The number of para-hydroxylation sites is 1. The number of aromatic carboxylic acids is 1. The minimum Gasteiger partial charge on any atom is -0.507 e. The number of halogens is 2. The Balaban J connectivity index is 1.31. The topological polar surface area (TPSA) is 174 Å². The minimum absolute atomic E-state index is 0.000799. The van der Waals surface area contributed by atoms with Gasteiger partial charge in [-0.05, 0) is 78.9 Å². The van der Waals surface area contributed by atoms with Gasteiger partial charge in [0.25, 0.3) is 11.8 Å². The third-order valence-electron chi connectivity index (χ3n) is 11.3. The Labute approximate surface area is 318 Å². The second-order valence-corrected chi connectivity index (χ2v) is 14.4. The van der Waals surface area contributed by atoms with Crippen LogP contribution >= 0.6 is 11.6 Å². The van der Waals surface area contributed by atoms with Crippen LogP contribution in [-0.2, 0) is 24.6 Å². The maximum Gasteiger partial charge on any atom is 0.339 e. The summed E-state index contributed by atoms with van der Waals surface area (Å²) >= 11 is 6.36. The van der Waals surface area contributed by atoms with Gasteiger partial charge < -0.3 is 20.1 Å². The summed E-state index contributed by atoms with van der Waals surface area (Å²) in [7, 11) is 0. The number of fused-ring (bicyclic) bond motifs is 4. The van der Waals surface area contributed by atoms with Crippen LogP contribution < -0.4 is 15.1 Å². The Kier molecular flexibility index (Phi) is 8.93. The van der Waals surface area contributed by atoms with Gasteiger partial charge in [-0.1, -0.05) is 53.6 Å². The number of allylic oxidation sites excluding steroid dienone is 2. The standard InChI is InChI=1S/C41H33ClFN3O9/c42-22-7-5-21(6-8-22)41-31(37(50)46(40(41)54)44-24-11-9-23(43)10-12-24)20-30-26(35(41)28-3-1-2-4-33(28)55-18-17-47)15-16-29-34(30)38(51)45(36(29)49)25-13-14-27(39(52)53)32(48)19-25/h1-15,19,29-31,34-35,44,47-48H,16-18,20H2,(H,52,53)/t29-,30+,31-,34-,35+,41+/m0/s1. The van der Waals surface area contributed by atoms with E-state index in [0.29, 0.717) is 27.5 Å². The number of rotatable bonds is 9. The first-order chi connectivity index (χ1) is 26.5. The molecule has 12 nitrogen and oxygen atoms in total. The van der Waals surface area contributed by atoms with E-state index in [0.717, 1.165) is 22.0 Å². The number of amides is 4. The van der Waals surface area contributed by atoms with E-state index in [2.05, 4.69) is 5.43 Å². The number of carbonyl (C=O) groups excluding carboxylic acids is 4. The number of aliphatic hydroxyl groups is 1. The molecule has 0 radical (unpaired) electrons. The van der Waals surface area contributed by atoms with Crippen LogP contribution in [0.2, 0.25) is 5.02 Å². The van der Waals surface area contributed by atoms with E-state index in [4.69, 9.17) is 16.3 Å². The Bertz CT molecular complexity index is 2300. The molecule has 55 heavy (non-hydrogen) atoms. The van der Waals surface area contributed by atoms with Crippen LogP contribution in [0.15, 0.2) is 103 Å². The molecule has 2 heterocycles. The number of aromatic hydroxyl groups is 1. The van der Waals surface area contributed by atoms with Crippen molar-refractivity contribution in [3.63, 3.8) is 0 Å². The van der Waals surface area contributed by atoms with E-state index in [9.17, 15) is 38.9 Å². The number of hydrogen-bond acceptors (Lipinski definition) is 9. The fraction of sp³-hybridized carbons (Fsp3) is 0.244. The first-order valence-electron chi connectivity index (χ1n) is 17.6. The van der Waals surface area contributed by atoms with Crippen molar-refractivity contribution >= 4 is 52.6 Å². The highest BCUT2D eigenvalue weighted by Gasteiger charge is 2.70. The van der Waals surface area contributed by atoms with E-state index in [-0.39, 0.29) is 37.4 Å². The summed E-state index contributed by atoms with van der Waals surface area (Å²) in [6.07, 6.45) is 1.95. The molecule has 1 saturated carbocycles. The quantitative estimate of drug-likeness (QED) is 0.127. The first-order valence-corrected chi connectivity index (χ1v) is 18.0. The number of ether oxygens (including phenoxy) is 1. The highest BCUT2D eigenvalue weighted by Crippen LogP contribution is 2.65. The SMILES string of the molecule is O=C(O)c1ccc(N2C(=O)[C@H]3[C@H](CC=C4[C@H]3C[C@H]3C(=O)N(Nc5ccc(F)cc5)C(=O)[C@@]3(c3ccc(Cl)cc3)[C@H]4c3ccccc3OCCO)C2=O)cc1O. The Morgan fingerprint density at radius 3 is 2.35 bits per heavy atom. The van der Waals surface area contributed by atoms with E-state index in [1.165, 1.54) is 30.3 Å². The number of benzene rings is 4. The molecular weight excluding hydrogens is 733 g/mol. The van der Waals surface area contributed by atoms with Crippen LogP contribution in [0.4, 0.5) is 15.8 Å². The zero-order valence-corrected chi connectivity index (χ0v) is 29.7. The van der Waals surface area contributed by atoms with Gasteiger partial charge in [0.2, 0.25) is 11.8 Å². The van der Waals surface area contributed by atoms with Crippen LogP contribution in [-0.4, -0.2) is 63.1 Å². The number of nitrogens with zero attached hydrogens (tertiary/aromatic N) is 2.